The van der Waals surface area contributed by atoms with Crippen molar-refractivity contribution < 1.29 is 4.79 Å². The number of aromatic nitrogens is 2. The summed E-state index contributed by atoms with van der Waals surface area (Å²) in [4.78, 5) is 32.9. The molecule has 5 nitrogen and oxygen atoms in total. The summed E-state index contributed by atoms with van der Waals surface area (Å²) in [6.07, 6.45) is 3.24. The summed E-state index contributed by atoms with van der Waals surface area (Å²) in [6, 6.07) is 5.55. The van der Waals surface area contributed by atoms with E-state index in [0.29, 0.717) is 21.1 Å². The van der Waals surface area contributed by atoms with Gasteiger partial charge in [0.15, 0.2) is 5.16 Å². The molecule has 1 saturated heterocycles. The van der Waals surface area contributed by atoms with Gasteiger partial charge in [0.25, 0.3) is 5.56 Å². The second kappa shape index (κ2) is 8.46. The van der Waals surface area contributed by atoms with Crippen molar-refractivity contribution in [3.05, 3.63) is 33.6 Å². The Balaban J connectivity index is 1.97. The molecule has 0 spiro atoms. The second-order valence-electron chi connectivity index (χ2n) is 7.96. The number of likely N-dealkylation sites (tertiary alicyclic amines) is 1. The van der Waals surface area contributed by atoms with Crippen LogP contribution in [0.25, 0.3) is 10.9 Å². The quantitative estimate of drug-likeness (QED) is 0.520. The molecule has 1 aromatic carbocycles. The van der Waals surface area contributed by atoms with Gasteiger partial charge in [-0.3, -0.25) is 14.2 Å². The van der Waals surface area contributed by atoms with Crippen molar-refractivity contribution in [3.8, 4) is 0 Å². The van der Waals surface area contributed by atoms with Gasteiger partial charge in [-0.2, -0.15) is 0 Å². The molecule has 28 heavy (non-hydrogen) atoms. The lowest BCUT2D eigenvalue weighted by molar-refractivity contribution is -0.136. The lowest BCUT2D eigenvalue weighted by Gasteiger charge is -2.40. The zero-order valence-electron chi connectivity index (χ0n) is 17.1. The van der Waals surface area contributed by atoms with E-state index in [9.17, 15) is 9.59 Å². The molecule has 0 bridgehead atoms. The molecule has 1 fully saturated rings. The van der Waals surface area contributed by atoms with Crippen LogP contribution in [0.3, 0.4) is 0 Å². The van der Waals surface area contributed by atoms with Gasteiger partial charge in [0.05, 0.1) is 16.2 Å². The number of rotatable bonds is 4. The summed E-state index contributed by atoms with van der Waals surface area (Å²) in [6.45, 7) is 10.0. The minimum absolute atomic E-state index is 0.0577. The van der Waals surface area contributed by atoms with Crippen LogP contribution >= 0.6 is 23.4 Å². The maximum atomic E-state index is 13.2. The van der Waals surface area contributed by atoms with E-state index in [2.05, 4.69) is 13.8 Å². The van der Waals surface area contributed by atoms with E-state index in [4.69, 9.17) is 16.6 Å². The molecule has 1 aromatic heterocycles. The summed E-state index contributed by atoms with van der Waals surface area (Å²) in [5.41, 5.74) is 0.467. The van der Waals surface area contributed by atoms with Crippen LogP contribution in [0.1, 0.15) is 59.9 Å². The molecule has 3 atom stereocenters. The summed E-state index contributed by atoms with van der Waals surface area (Å²) in [7, 11) is 0. The van der Waals surface area contributed by atoms with E-state index in [-0.39, 0.29) is 34.8 Å². The van der Waals surface area contributed by atoms with E-state index in [1.807, 2.05) is 25.7 Å². The fourth-order valence-electron chi connectivity index (χ4n) is 3.96. The molecular formula is C21H28ClN3O2S. The molecule has 2 aromatic rings. The number of benzene rings is 1. The van der Waals surface area contributed by atoms with Gasteiger partial charge in [-0.25, -0.2) is 4.98 Å². The minimum atomic E-state index is -0.323. The van der Waals surface area contributed by atoms with Gasteiger partial charge in [-0.1, -0.05) is 23.4 Å². The number of fused-ring (bicyclic) bond motifs is 1. The van der Waals surface area contributed by atoms with Gasteiger partial charge in [0.1, 0.15) is 0 Å². The third-order valence-electron chi connectivity index (χ3n) is 5.43. The predicted octanol–water partition coefficient (Wildman–Crippen LogP) is 4.90. The zero-order chi connectivity index (χ0) is 20.6. The number of hydrogen-bond donors (Lipinski definition) is 0. The van der Waals surface area contributed by atoms with Crippen molar-refractivity contribution in [2.75, 3.05) is 0 Å². The molecule has 1 aliphatic rings. The number of nitrogens with zero attached hydrogens (tertiary/aromatic N) is 3. The van der Waals surface area contributed by atoms with Crippen LogP contribution in [0.15, 0.2) is 28.2 Å². The van der Waals surface area contributed by atoms with Gasteiger partial charge in [-0.15, -0.1) is 0 Å². The van der Waals surface area contributed by atoms with Crippen LogP contribution in [-0.2, 0) is 4.79 Å². The minimum Gasteiger partial charge on any atom is -0.336 e. The average Bonchev–Trinajstić information content (AvgIpc) is 2.60. The van der Waals surface area contributed by atoms with Crippen molar-refractivity contribution in [3.63, 3.8) is 0 Å². The Bertz CT molecular complexity index is 933. The maximum Gasteiger partial charge on any atom is 0.262 e. The van der Waals surface area contributed by atoms with Gasteiger partial charge in [0, 0.05) is 23.1 Å². The molecule has 1 aliphatic heterocycles. The Kier molecular flexibility index (Phi) is 6.40. The number of carbonyl (C=O) groups excluding carboxylic acids is 1. The van der Waals surface area contributed by atoms with Gasteiger partial charge < -0.3 is 4.90 Å². The Morgan fingerprint density at radius 2 is 1.86 bits per heavy atom. The highest BCUT2D eigenvalue weighted by Gasteiger charge is 2.32. The first kappa shape index (κ1) is 21.2. The molecule has 0 radical (unpaired) electrons. The molecule has 7 heteroatoms. The van der Waals surface area contributed by atoms with Gasteiger partial charge in [0.2, 0.25) is 5.91 Å². The highest BCUT2D eigenvalue weighted by Crippen LogP contribution is 2.30. The van der Waals surface area contributed by atoms with Crippen molar-refractivity contribution in [1.29, 1.82) is 0 Å². The monoisotopic (exact) mass is 421 g/mol. The fourth-order valence-corrected chi connectivity index (χ4v) is 5.23. The van der Waals surface area contributed by atoms with Crippen LogP contribution in [0.2, 0.25) is 5.02 Å². The maximum absolute atomic E-state index is 13.2. The van der Waals surface area contributed by atoms with Crippen LogP contribution in [0.4, 0.5) is 0 Å². The second-order valence-corrected chi connectivity index (χ2v) is 9.70. The smallest absolute Gasteiger partial charge is 0.262 e. The molecule has 0 unspecified atom stereocenters. The average molecular weight is 422 g/mol. The summed E-state index contributed by atoms with van der Waals surface area (Å²) >= 11 is 7.46. The molecule has 0 aliphatic carbocycles. The number of hydrogen-bond acceptors (Lipinski definition) is 4. The molecule has 0 N–H and O–H groups in total. The predicted molar refractivity (Wildman–Crippen MR) is 116 cm³/mol. The van der Waals surface area contributed by atoms with E-state index >= 15 is 0 Å². The summed E-state index contributed by atoms with van der Waals surface area (Å²) < 4.78 is 1.67. The van der Waals surface area contributed by atoms with Crippen LogP contribution in [0, 0.1) is 0 Å². The van der Waals surface area contributed by atoms with Gasteiger partial charge >= 0.3 is 0 Å². The highest BCUT2D eigenvalue weighted by atomic mass is 35.5. The molecule has 1 amide bonds. The number of halogens is 1. The SMILES string of the molecule is CC(C)n1c(S[C@H](C)C(=O)N2[C@@H](C)CCC[C@@H]2C)nc2cc(Cl)ccc2c1=O. The van der Waals surface area contributed by atoms with Crippen LogP contribution in [-0.4, -0.2) is 37.7 Å². The highest BCUT2D eigenvalue weighted by molar-refractivity contribution is 8.00. The molecule has 2 heterocycles. The van der Waals surface area contributed by atoms with E-state index in [1.165, 1.54) is 11.8 Å². The zero-order valence-corrected chi connectivity index (χ0v) is 18.7. The number of amides is 1. The first-order chi connectivity index (χ1) is 13.2. The fraction of sp³-hybridized carbons (Fsp3) is 0.571. The van der Waals surface area contributed by atoms with Crippen LogP contribution in [0.5, 0.6) is 0 Å². The number of piperidine rings is 1. The third kappa shape index (κ3) is 4.08. The molecule has 0 saturated carbocycles. The van der Waals surface area contributed by atoms with E-state index < -0.39 is 0 Å². The standard InChI is InChI=1S/C21H28ClN3O2S/c1-12(2)24-20(27)17-10-9-16(22)11-18(17)23-21(24)28-15(5)19(26)25-13(3)7-6-8-14(25)4/h9-15H,6-8H2,1-5H3/t13-,14-,15+/m0/s1. The summed E-state index contributed by atoms with van der Waals surface area (Å²) in [5.74, 6) is 0.112. The third-order valence-corrected chi connectivity index (χ3v) is 6.71. The van der Waals surface area contributed by atoms with Crippen molar-refractivity contribution in [1.82, 2.24) is 14.5 Å². The van der Waals surface area contributed by atoms with Crippen molar-refractivity contribution in [2.24, 2.45) is 0 Å². The number of carbonyl (C=O) groups is 1. The normalized spacial score (nSPS) is 21.3. The largest absolute Gasteiger partial charge is 0.336 e. The Labute approximate surface area is 175 Å². The first-order valence-electron chi connectivity index (χ1n) is 9.91. The lowest BCUT2D eigenvalue weighted by Crippen LogP contribution is -2.50. The number of thioether (sulfide) groups is 1. The van der Waals surface area contributed by atoms with Crippen LogP contribution < -0.4 is 5.56 Å². The summed E-state index contributed by atoms with van der Waals surface area (Å²) in [5, 5.41) is 1.32. The van der Waals surface area contributed by atoms with Gasteiger partial charge in [-0.05, 0) is 72.1 Å². The first-order valence-corrected chi connectivity index (χ1v) is 11.2. The topological polar surface area (TPSA) is 55.2 Å². The van der Waals surface area contributed by atoms with Crippen molar-refractivity contribution >= 4 is 40.2 Å². The van der Waals surface area contributed by atoms with E-state index in [1.54, 1.807) is 22.8 Å². The van der Waals surface area contributed by atoms with Crippen molar-refractivity contribution in [2.45, 2.75) is 82.4 Å². The molecular weight excluding hydrogens is 394 g/mol. The van der Waals surface area contributed by atoms with E-state index in [0.717, 1.165) is 19.3 Å². The Morgan fingerprint density at radius 1 is 1.21 bits per heavy atom. The lowest BCUT2D eigenvalue weighted by atomic mass is 9.97. The molecule has 3 rings (SSSR count). The Hall–Kier alpha value is -1.53. The Morgan fingerprint density at radius 3 is 2.46 bits per heavy atom. The molecule has 152 valence electrons.